The smallest absolute Gasteiger partial charge is 0.335 e. The van der Waals surface area contributed by atoms with Crippen molar-refractivity contribution >= 4 is 11.7 Å². The molecule has 0 spiro atoms. The number of benzene rings is 1. The average molecular weight is 233 g/mol. The van der Waals surface area contributed by atoms with E-state index < -0.39 is 5.97 Å². The van der Waals surface area contributed by atoms with E-state index in [9.17, 15) is 4.79 Å². The number of carboxylic acid groups (broad SMARTS) is 1. The van der Waals surface area contributed by atoms with Crippen LogP contribution in [0.3, 0.4) is 0 Å². The molecule has 1 N–H and O–H groups in total. The van der Waals surface area contributed by atoms with Crippen molar-refractivity contribution in [1.82, 2.24) is 0 Å². The molecule has 2 rings (SSSR count). The molecule has 1 aliphatic heterocycles. The van der Waals surface area contributed by atoms with Crippen molar-refractivity contribution in [3.8, 4) is 0 Å². The van der Waals surface area contributed by atoms with E-state index in [-0.39, 0.29) is 0 Å². The highest BCUT2D eigenvalue weighted by molar-refractivity contribution is 5.88. The second-order valence-electron chi connectivity index (χ2n) is 5.09. The van der Waals surface area contributed by atoms with Crippen LogP contribution in [0.4, 0.5) is 5.69 Å². The molecular formula is C14H19NO2. The molecule has 1 aliphatic rings. The Labute approximate surface area is 102 Å². The molecule has 0 amide bonds. The van der Waals surface area contributed by atoms with Crippen LogP contribution in [0.5, 0.6) is 0 Å². The number of hydrogen-bond acceptors (Lipinski definition) is 2. The molecule has 1 fully saturated rings. The lowest BCUT2D eigenvalue weighted by molar-refractivity contribution is 0.0697. The van der Waals surface area contributed by atoms with Gasteiger partial charge in [-0.15, -0.1) is 0 Å². The predicted octanol–water partition coefficient (Wildman–Crippen LogP) is 2.87. The molecule has 3 nitrogen and oxygen atoms in total. The van der Waals surface area contributed by atoms with Crippen LogP contribution in [-0.4, -0.2) is 24.2 Å². The summed E-state index contributed by atoms with van der Waals surface area (Å²) in [5.74, 6) is 0.567. The predicted molar refractivity (Wildman–Crippen MR) is 68.6 cm³/mol. The van der Waals surface area contributed by atoms with E-state index in [1.165, 1.54) is 6.42 Å². The highest BCUT2D eigenvalue weighted by atomic mass is 16.4. The van der Waals surface area contributed by atoms with Crippen LogP contribution in [-0.2, 0) is 0 Å². The van der Waals surface area contributed by atoms with Crippen LogP contribution in [0.15, 0.2) is 24.3 Å². The van der Waals surface area contributed by atoms with Gasteiger partial charge in [-0.05, 0) is 36.5 Å². The van der Waals surface area contributed by atoms with Crippen LogP contribution in [0.25, 0.3) is 0 Å². The second-order valence-corrected chi connectivity index (χ2v) is 5.09. The Morgan fingerprint density at radius 1 is 1.47 bits per heavy atom. The summed E-state index contributed by atoms with van der Waals surface area (Å²) < 4.78 is 0. The minimum absolute atomic E-state index is 0.371. The van der Waals surface area contributed by atoms with Crippen molar-refractivity contribution in [3.05, 3.63) is 29.8 Å². The van der Waals surface area contributed by atoms with Crippen LogP contribution < -0.4 is 4.90 Å². The highest BCUT2D eigenvalue weighted by Gasteiger charge is 2.25. The molecule has 0 aromatic heterocycles. The zero-order valence-corrected chi connectivity index (χ0v) is 10.4. The third-order valence-corrected chi connectivity index (χ3v) is 3.63. The highest BCUT2D eigenvalue weighted by Crippen LogP contribution is 2.28. The topological polar surface area (TPSA) is 40.5 Å². The van der Waals surface area contributed by atoms with Crippen LogP contribution in [0.2, 0.25) is 0 Å². The van der Waals surface area contributed by atoms with E-state index in [4.69, 9.17) is 5.11 Å². The fourth-order valence-electron chi connectivity index (χ4n) is 2.40. The minimum Gasteiger partial charge on any atom is -0.478 e. The summed E-state index contributed by atoms with van der Waals surface area (Å²) in [6.07, 6.45) is 1.20. The molecule has 92 valence electrons. The molecule has 3 heteroatoms. The first-order valence-corrected chi connectivity index (χ1v) is 6.16. The summed E-state index contributed by atoms with van der Waals surface area (Å²) in [7, 11) is 0. The Morgan fingerprint density at radius 3 is 2.82 bits per heavy atom. The molecule has 0 saturated carbocycles. The van der Waals surface area contributed by atoms with E-state index in [2.05, 4.69) is 18.7 Å². The molecule has 1 aromatic carbocycles. The third-order valence-electron chi connectivity index (χ3n) is 3.63. The summed E-state index contributed by atoms with van der Waals surface area (Å²) >= 11 is 0. The maximum atomic E-state index is 10.9. The van der Waals surface area contributed by atoms with Gasteiger partial charge in [0.2, 0.25) is 0 Å². The molecule has 17 heavy (non-hydrogen) atoms. The molecule has 1 saturated heterocycles. The van der Waals surface area contributed by atoms with Crippen LogP contribution >= 0.6 is 0 Å². The zero-order valence-electron chi connectivity index (χ0n) is 10.4. The van der Waals surface area contributed by atoms with Gasteiger partial charge in [-0.25, -0.2) is 4.79 Å². The molecule has 1 aromatic rings. The summed E-state index contributed by atoms with van der Waals surface area (Å²) in [4.78, 5) is 13.2. The van der Waals surface area contributed by atoms with Gasteiger partial charge in [-0.2, -0.15) is 0 Å². The van der Waals surface area contributed by atoms with Crippen molar-refractivity contribution in [2.45, 2.75) is 20.3 Å². The monoisotopic (exact) mass is 233 g/mol. The zero-order chi connectivity index (χ0) is 12.4. The average Bonchev–Trinajstić information content (AvgIpc) is 2.78. The van der Waals surface area contributed by atoms with Gasteiger partial charge < -0.3 is 10.0 Å². The number of rotatable bonds is 3. The number of anilines is 1. The third kappa shape index (κ3) is 2.60. The van der Waals surface area contributed by atoms with Crippen molar-refractivity contribution in [2.75, 3.05) is 18.0 Å². The van der Waals surface area contributed by atoms with Crippen LogP contribution in [0, 0.1) is 11.8 Å². The van der Waals surface area contributed by atoms with Gasteiger partial charge in [0.25, 0.3) is 0 Å². The fourth-order valence-corrected chi connectivity index (χ4v) is 2.40. The molecule has 0 aliphatic carbocycles. The van der Waals surface area contributed by atoms with Gasteiger partial charge in [-0.1, -0.05) is 19.9 Å². The Kier molecular flexibility index (Phi) is 3.36. The Balaban J connectivity index is 2.13. The fraction of sp³-hybridized carbons (Fsp3) is 0.500. The quantitative estimate of drug-likeness (QED) is 0.872. The largest absolute Gasteiger partial charge is 0.478 e. The number of carboxylic acids is 1. The molecule has 1 unspecified atom stereocenters. The Hall–Kier alpha value is -1.51. The Bertz CT molecular complexity index is 414. The second kappa shape index (κ2) is 4.78. The van der Waals surface area contributed by atoms with Gasteiger partial charge in [0.05, 0.1) is 5.56 Å². The van der Waals surface area contributed by atoms with Crippen molar-refractivity contribution in [2.24, 2.45) is 11.8 Å². The number of hydrogen-bond donors (Lipinski definition) is 1. The van der Waals surface area contributed by atoms with E-state index >= 15 is 0 Å². The molecular weight excluding hydrogens is 214 g/mol. The standard InChI is InChI=1S/C14H19NO2/c1-10(2)12-6-7-15(9-12)13-5-3-4-11(8-13)14(16)17/h3-5,8,10,12H,6-7,9H2,1-2H3,(H,16,17). The maximum Gasteiger partial charge on any atom is 0.335 e. The molecule has 1 atom stereocenters. The number of carbonyl (C=O) groups is 1. The lowest BCUT2D eigenvalue weighted by Gasteiger charge is -2.20. The van der Waals surface area contributed by atoms with Crippen molar-refractivity contribution in [3.63, 3.8) is 0 Å². The number of nitrogens with zero attached hydrogens (tertiary/aromatic N) is 1. The van der Waals surface area contributed by atoms with Crippen molar-refractivity contribution in [1.29, 1.82) is 0 Å². The first kappa shape index (κ1) is 12.0. The summed E-state index contributed by atoms with van der Waals surface area (Å²) in [5.41, 5.74) is 1.41. The Morgan fingerprint density at radius 2 is 2.24 bits per heavy atom. The normalized spacial score (nSPS) is 19.9. The lowest BCUT2D eigenvalue weighted by Crippen LogP contribution is -2.21. The minimum atomic E-state index is -0.855. The first-order valence-electron chi connectivity index (χ1n) is 6.16. The van der Waals surface area contributed by atoms with Gasteiger partial charge in [0.15, 0.2) is 0 Å². The summed E-state index contributed by atoms with van der Waals surface area (Å²) in [6, 6.07) is 7.23. The van der Waals surface area contributed by atoms with E-state index in [0.717, 1.165) is 24.7 Å². The van der Waals surface area contributed by atoms with Gasteiger partial charge >= 0.3 is 5.97 Å². The molecule has 0 bridgehead atoms. The summed E-state index contributed by atoms with van der Waals surface area (Å²) in [5, 5.41) is 8.97. The van der Waals surface area contributed by atoms with Gasteiger partial charge in [-0.3, -0.25) is 0 Å². The van der Waals surface area contributed by atoms with Crippen molar-refractivity contribution < 1.29 is 9.90 Å². The first-order chi connectivity index (χ1) is 8.08. The van der Waals surface area contributed by atoms with E-state index in [1.54, 1.807) is 12.1 Å². The van der Waals surface area contributed by atoms with Gasteiger partial charge in [0.1, 0.15) is 0 Å². The maximum absolute atomic E-state index is 10.9. The lowest BCUT2D eigenvalue weighted by atomic mass is 9.95. The molecule has 1 heterocycles. The SMILES string of the molecule is CC(C)C1CCN(c2cccc(C(=O)O)c2)C1. The summed E-state index contributed by atoms with van der Waals surface area (Å²) in [6.45, 7) is 6.58. The van der Waals surface area contributed by atoms with Crippen LogP contribution in [0.1, 0.15) is 30.6 Å². The number of aromatic carboxylic acids is 1. The molecule has 0 radical (unpaired) electrons. The van der Waals surface area contributed by atoms with E-state index in [0.29, 0.717) is 11.5 Å². The van der Waals surface area contributed by atoms with E-state index in [1.807, 2.05) is 12.1 Å². The van der Waals surface area contributed by atoms with Gasteiger partial charge in [0, 0.05) is 18.8 Å².